The summed E-state index contributed by atoms with van der Waals surface area (Å²) >= 11 is 0. The number of nitrogens with one attached hydrogen (secondary N) is 2. The molecule has 26 heavy (non-hydrogen) atoms. The van der Waals surface area contributed by atoms with Crippen LogP contribution in [0.2, 0.25) is 0 Å². The van der Waals surface area contributed by atoms with Crippen LogP contribution in [0, 0.1) is 17.3 Å². The van der Waals surface area contributed by atoms with E-state index < -0.39 is 9.84 Å². The Morgan fingerprint density at radius 1 is 1.12 bits per heavy atom. The second-order valence-electron chi connectivity index (χ2n) is 9.18. The van der Waals surface area contributed by atoms with Crippen LogP contribution < -0.4 is 10.6 Å². The van der Waals surface area contributed by atoms with E-state index in [9.17, 15) is 8.42 Å². The van der Waals surface area contributed by atoms with Crippen LogP contribution in [0.3, 0.4) is 0 Å². The fraction of sp³-hybridized carbons (Fsp3) is 0.947. The smallest absolute Gasteiger partial charge is 0.191 e. The number of fused-ring (bicyclic) bond motifs is 2. The lowest BCUT2D eigenvalue weighted by molar-refractivity contribution is -0.125. The van der Waals surface area contributed by atoms with Gasteiger partial charge in [0.15, 0.2) is 15.8 Å². The molecule has 0 aromatic heterocycles. The maximum Gasteiger partial charge on any atom is 0.191 e. The Labute approximate surface area is 156 Å². The summed E-state index contributed by atoms with van der Waals surface area (Å²) in [6.45, 7) is 1.52. The summed E-state index contributed by atoms with van der Waals surface area (Å²) in [4.78, 5) is 4.83. The van der Waals surface area contributed by atoms with Gasteiger partial charge in [-0.3, -0.25) is 4.99 Å². The van der Waals surface area contributed by atoms with Gasteiger partial charge in [-0.2, -0.15) is 0 Å². The maximum absolute atomic E-state index is 11.7. The van der Waals surface area contributed by atoms with Crippen molar-refractivity contribution in [3.63, 3.8) is 0 Å². The first-order valence-electron chi connectivity index (χ1n) is 10.5. The topological polar surface area (TPSA) is 79.8 Å². The molecule has 2 aliphatic heterocycles. The Hall–Kier alpha value is -0.820. The third-order valence-corrected chi connectivity index (χ3v) is 9.17. The highest BCUT2D eigenvalue weighted by atomic mass is 32.2. The standard InChI is InChI=1S/C19H31N3O3S/c23-26(24)10-6-13(12-26)11-20-18(21-14-3-4-14)22-16-15-5-9-25-17(15)19(16)7-1-2-8-19/h13-17H,1-12H2,(H2,20,21,22). The van der Waals surface area contributed by atoms with Crippen molar-refractivity contribution in [3.8, 4) is 0 Å². The molecule has 0 aromatic carbocycles. The quantitative estimate of drug-likeness (QED) is 0.569. The third kappa shape index (κ3) is 3.05. The molecule has 7 heteroatoms. The molecule has 0 amide bonds. The van der Waals surface area contributed by atoms with E-state index in [2.05, 4.69) is 10.6 Å². The molecule has 0 aromatic rings. The zero-order valence-corrected chi connectivity index (χ0v) is 16.3. The third-order valence-electron chi connectivity index (χ3n) is 7.33. The molecule has 2 N–H and O–H groups in total. The molecular formula is C19H31N3O3S. The molecule has 4 atom stereocenters. The molecular weight excluding hydrogens is 350 g/mol. The first-order valence-corrected chi connectivity index (χ1v) is 12.3. The summed E-state index contributed by atoms with van der Waals surface area (Å²) in [5.74, 6) is 2.35. The first kappa shape index (κ1) is 17.3. The van der Waals surface area contributed by atoms with Crippen molar-refractivity contribution in [2.75, 3.05) is 24.7 Å². The van der Waals surface area contributed by atoms with Crippen LogP contribution >= 0.6 is 0 Å². The maximum atomic E-state index is 11.7. The molecule has 6 nitrogen and oxygen atoms in total. The largest absolute Gasteiger partial charge is 0.377 e. The van der Waals surface area contributed by atoms with Crippen LogP contribution in [0.1, 0.15) is 51.4 Å². The van der Waals surface area contributed by atoms with Gasteiger partial charge in [-0.15, -0.1) is 0 Å². The van der Waals surface area contributed by atoms with Crippen molar-refractivity contribution in [1.82, 2.24) is 10.6 Å². The minimum atomic E-state index is -2.83. The summed E-state index contributed by atoms with van der Waals surface area (Å²) in [7, 11) is -2.83. The second kappa shape index (κ2) is 6.36. The number of rotatable bonds is 4. The molecule has 1 spiro atoms. The van der Waals surface area contributed by atoms with Gasteiger partial charge >= 0.3 is 0 Å². The van der Waals surface area contributed by atoms with E-state index in [0.717, 1.165) is 25.4 Å². The molecule has 5 rings (SSSR count). The number of hydrogen-bond acceptors (Lipinski definition) is 4. The van der Waals surface area contributed by atoms with E-state index in [1.54, 1.807) is 0 Å². The Bertz CT molecular complexity index is 682. The van der Waals surface area contributed by atoms with Gasteiger partial charge in [0.1, 0.15) is 0 Å². The number of hydrogen-bond donors (Lipinski definition) is 2. The van der Waals surface area contributed by atoms with Crippen LogP contribution in [0.4, 0.5) is 0 Å². The SMILES string of the molecule is O=S1(=O)CCC(CN=C(NC2CC2)NC2C3CCOC3C23CCCC3)C1. The number of aliphatic imine (C=N–C) groups is 1. The van der Waals surface area contributed by atoms with Crippen LogP contribution in [0.5, 0.6) is 0 Å². The van der Waals surface area contributed by atoms with Gasteiger partial charge in [0, 0.05) is 36.6 Å². The van der Waals surface area contributed by atoms with Gasteiger partial charge in [-0.1, -0.05) is 12.8 Å². The van der Waals surface area contributed by atoms with E-state index >= 15 is 0 Å². The summed E-state index contributed by atoms with van der Waals surface area (Å²) in [5.41, 5.74) is 0.309. The van der Waals surface area contributed by atoms with Crippen LogP contribution in [0.25, 0.3) is 0 Å². The van der Waals surface area contributed by atoms with Gasteiger partial charge in [0.2, 0.25) is 0 Å². The fourth-order valence-electron chi connectivity index (χ4n) is 5.84. The lowest BCUT2D eigenvalue weighted by atomic mass is 9.54. The normalized spacial score (nSPS) is 40.4. The minimum Gasteiger partial charge on any atom is -0.377 e. The molecule has 2 saturated heterocycles. The number of sulfone groups is 1. The van der Waals surface area contributed by atoms with Gasteiger partial charge in [-0.25, -0.2) is 8.42 Å². The number of nitrogens with zero attached hydrogens (tertiary/aromatic N) is 1. The summed E-state index contributed by atoms with van der Waals surface area (Å²) in [5, 5.41) is 7.35. The Morgan fingerprint density at radius 2 is 1.92 bits per heavy atom. The van der Waals surface area contributed by atoms with Crippen molar-refractivity contribution < 1.29 is 13.2 Å². The van der Waals surface area contributed by atoms with Gasteiger partial charge in [0.25, 0.3) is 0 Å². The summed E-state index contributed by atoms with van der Waals surface area (Å²) in [6, 6.07) is 1.01. The molecule has 2 heterocycles. The molecule has 5 fully saturated rings. The van der Waals surface area contributed by atoms with Gasteiger partial charge in [-0.05, 0) is 44.4 Å². The Balaban J connectivity index is 1.29. The van der Waals surface area contributed by atoms with Crippen molar-refractivity contribution >= 4 is 15.8 Å². The van der Waals surface area contributed by atoms with E-state index in [4.69, 9.17) is 9.73 Å². The van der Waals surface area contributed by atoms with Crippen LogP contribution in [0.15, 0.2) is 4.99 Å². The van der Waals surface area contributed by atoms with Crippen molar-refractivity contribution in [2.24, 2.45) is 22.2 Å². The number of ether oxygens (including phenoxy) is 1. The van der Waals surface area contributed by atoms with Crippen LogP contribution in [-0.4, -0.2) is 57.2 Å². The Kier molecular flexibility index (Phi) is 4.23. The summed E-state index contributed by atoms with van der Waals surface area (Å²) in [6.07, 6.45) is 9.95. The lowest BCUT2D eigenvalue weighted by Crippen LogP contribution is -2.69. The molecule has 5 aliphatic rings. The van der Waals surface area contributed by atoms with E-state index in [-0.39, 0.29) is 5.92 Å². The number of guanidine groups is 1. The lowest BCUT2D eigenvalue weighted by Gasteiger charge is -2.57. The van der Waals surface area contributed by atoms with Gasteiger partial charge < -0.3 is 15.4 Å². The minimum absolute atomic E-state index is 0.183. The average molecular weight is 382 g/mol. The average Bonchev–Trinajstić information content (AvgIpc) is 3.03. The zero-order valence-electron chi connectivity index (χ0n) is 15.5. The highest BCUT2D eigenvalue weighted by Gasteiger charge is 2.65. The second-order valence-corrected chi connectivity index (χ2v) is 11.4. The van der Waals surface area contributed by atoms with Gasteiger partial charge in [0.05, 0.1) is 17.6 Å². The predicted molar refractivity (Wildman–Crippen MR) is 101 cm³/mol. The molecule has 0 radical (unpaired) electrons. The predicted octanol–water partition coefficient (Wildman–Crippen LogP) is 1.47. The molecule has 146 valence electrons. The molecule has 0 bridgehead atoms. The highest BCUT2D eigenvalue weighted by molar-refractivity contribution is 7.91. The summed E-state index contributed by atoms with van der Waals surface area (Å²) < 4.78 is 29.5. The van der Waals surface area contributed by atoms with Crippen molar-refractivity contribution in [2.45, 2.75) is 69.6 Å². The van der Waals surface area contributed by atoms with Crippen molar-refractivity contribution in [1.29, 1.82) is 0 Å². The monoisotopic (exact) mass is 381 g/mol. The highest BCUT2D eigenvalue weighted by Crippen LogP contribution is 2.60. The molecule has 4 unspecified atom stereocenters. The van der Waals surface area contributed by atoms with Crippen LogP contribution in [-0.2, 0) is 14.6 Å². The van der Waals surface area contributed by atoms with E-state index in [0.29, 0.717) is 47.6 Å². The van der Waals surface area contributed by atoms with Crippen molar-refractivity contribution in [3.05, 3.63) is 0 Å². The zero-order chi connectivity index (χ0) is 17.8. The fourth-order valence-corrected chi connectivity index (χ4v) is 7.69. The Morgan fingerprint density at radius 3 is 2.62 bits per heavy atom. The van der Waals surface area contributed by atoms with E-state index in [1.165, 1.54) is 38.5 Å². The molecule has 3 saturated carbocycles. The van der Waals surface area contributed by atoms with E-state index in [1.807, 2.05) is 0 Å². The molecule has 3 aliphatic carbocycles. The first-order chi connectivity index (χ1) is 12.6.